The smallest absolute Gasteiger partial charge is 0.146 e. The van der Waals surface area contributed by atoms with Gasteiger partial charge in [0.25, 0.3) is 0 Å². The molecule has 0 unspecified atom stereocenters. The van der Waals surface area contributed by atoms with E-state index < -0.39 is 0 Å². The topological polar surface area (TPSA) is 49.8 Å². The Morgan fingerprint density at radius 3 is 2.72 bits per heavy atom. The van der Waals surface area contributed by atoms with Crippen molar-refractivity contribution in [3.8, 4) is 0 Å². The highest BCUT2D eigenvalue weighted by molar-refractivity contribution is 5.60. The highest BCUT2D eigenvalue weighted by Crippen LogP contribution is 2.20. The second-order valence-electron chi connectivity index (χ2n) is 3.93. The zero-order chi connectivity index (χ0) is 13.0. The molecule has 5 heteroatoms. The average molecular weight is 246 g/mol. The summed E-state index contributed by atoms with van der Waals surface area (Å²) < 4.78 is 13.6. The van der Waals surface area contributed by atoms with Crippen molar-refractivity contribution in [2.45, 2.75) is 13.8 Å². The van der Waals surface area contributed by atoms with Crippen molar-refractivity contribution >= 4 is 17.3 Å². The minimum absolute atomic E-state index is 0.302. The third kappa shape index (κ3) is 2.94. The summed E-state index contributed by atoms with van der Waals surface area (Å²) in [6.07, 6.45) is 1.44. The number of hydrogen-bond acceptors (Lipinski definition) is 4. The van der Waals surface area contributed by atoms with Gasteiger partial charge >= 0.3 is 0 Å². The molecule has 2 N–H and O–H groups in total. The highest BCUT2D eigenvalue weighted by Gasteiger charge is 2.04. The molecule has 18 heavy (non-hydrogen) atoms. The summed E-state index contributed by atoms with van der Waals surface area (Å²) in [5, 5.41) is 6.02. The van der Waals surface area contributed by atoms with E-state index in [1.165, 1.54) is 12.4 Å². The van der Waals surface area contributed by atoms with Crippen molar-refractivity contribution in [1.82, 2.24) is 9.97 Å². The van der Waals surface area contributed by atoms with Crippen molar-refractivity contribution in [3.05, 3.63) is 42.0 Å². The van der Waals surface area contributed by atoms with Gasteiger partial charge in [-0.25, -0.2) is 14.4 Å². The van der Waals surface area contributed by atoms with Gasteiger partial charge in [-0.3, -0.25) is 0 Å². The molecule has 0 bridgehead atoms. The first-order chi connectivity index (χ1) is 8.69. The molecule has 0 saturated carbocycles. The standard InChI is InChI=1S/C13H15FN4/c1-3-15-12-7-13(17-8-16-12)18-11-6-9(2)4-5-10(11)14/h4-8H,3H2,1-2H3,(H2,15,16,17,18). The lowest BCUT2D eigenvalue weighted by Gasteiger charge is -2.09. The van der Waals surface area contributed by atoms with Gasteiger partial charge in [0.15, 0.2) is 0 Å². The number of rotatable bonds is 4. The Morgan fingerprint density at radius 2 is 1.94 bits per heavy atom. The van der Waals surface area contributed by atoms with Gasteiger partial charge in [0.1, 0.15) is 23.8 Å². The summed E-state index contributed by atoms with van der Waals surface area (Å²) in [5.74, 6) is 0.970. The van der Waals surface area contributed by atoms with Crippen LogP contribution in [0, 0.1) is 12.7 Å². The molecule has 2 aromatic rings. The summed E-state index contributed by atoms with van der Waals surface area (Å²) in [6, 6.07) is 6.64. The van der Waals surface area contributed by atoms with Crippen LogP contribution in [0.2, 0.25) is 0 Å². The van der Waals surface area contributed by atoms with Crippen LogP contribution in [-0.2, 0) is 0 Å². The molecule has 0 radical (unpaired) electrons. The molecule has 0 aliphatic heterocycles. The molecule has 94 valence electrons. The number of aryl methyl sites for hydroxylation is 1. The molecular formula is C13H15FN4. The lowest BCUT2D eigenvalue weighted by Crippen LogP contribution is -2.02. The van der Waals surface area contributed by atoms with E-state index in [9.17, 15) is 4.39 Å². The Bertz CT molecular complexity index is 542. The van der Waals surface area contributed by atoms with Gasteiger partial charge in [0, 0.05) is 12.6 Å². The summed E-state index contributed by atoms with van der Waals surface area (Å²) in [5.41, 5.74) is 1.40. The zero-order valence-electron chi connectivity index (χ0n) is 10.4. The summed E-state index contributed by atoms with van der Waals surface area (Å²) in [7, 11) is 0. The first kappa shape index (κ1) is 12.3. The normalized spacial score (nSPS) is 10.2. The van der Waals surface area contributed by atoms with Crippen LogP contribution in [0.3, 0.4) is 0 Å². The molecule has 4 nitrogen and oxygen atoms in total. The van der Waals surface area contributed by atoms with Crippen LogP contribution in [0.25, 0.3) is 0 Å². The van der Waals surface area contributed by atoms with E-state index in [2.05, 4.69) is 20.6 Å². The maximum Gasteiger partial charge on any atom is 0.146 e. The van der Waals surface area contributed by atoms with Gasteiger partial charge in [-0.05, 0) is 31.5 Å². The summed E-state index contributed by atoms with van der Waals surface area (Å²) in [4.78, 5) is 8.11. The van der Waals surface area contributed by atoms with E-state index in [4.69, 9.17) is 0 Å². The van der Waals surface area contributed by atoms with E-state index in [1.807, 2.05) is 13.8 Å². The molecule has 0 amide bonds. The molecular weight excluding hydrogens is 231 g/mol. The largest absolute Gasteiger partial charge is 0.370 e. The van der Waals surface area contributed by atoms with Crippen molar-refractivity contribution in [1.29, 1.82) is 0 Å². The number of benzene rings is 1. The third-order valence-corrected chi connectivity index (χ3v) is 2.41. The van der Waals surface area contributed by atoms with Crippen LogP contribution in [-0.4, -0.2) is 16.5 Å². The maximum absolute atomic E-state index is 13.6. The van der Waals surface area contributed by atoms with Crippen LogP contribution in [0.5, 0.6) is 0 Å². The summed E-state index contributed by atoms with van der Waals surface area (Å²) >= 11 is 0. The Labute approximate surface area is 105 Å². The third-order valence-electron chi connectivity index (χ3n) is 2.41. The molecule has 0 aliphatic carbocycles. The number of nitrogens with one attached hydrogen (secondary N) is 2. The molecule has 1 heterocycles. The van der Waals surface area contributed by atoms with Gasteiger partial charge in [0.2, 0.25) is 0 Å². The number of halogens is 1. The molecule has 2 rings (SSSR count). The van der Waals surface area contributed by atoms with Crippen LogP contribution in [0.15, 0.2) is 30.6 Å². The lowest BCUT2D eigenvalue weighted by atomic mass is 10.2. The van der Waals surface area contributed by atoms with E-state index >= 15 is 0 Å². The fourth-order valence-corrected chi connectivity index (χ4v) is 1.58. The predicted octanol–water partition coefficient (Wildman–Crippen LogP) is 3.10. The van der Waals surface area contributed by atoms with E-state index in [-0.39, 0.29) is 5.82 Å². The molecule has 0 atom stereocenters. The van der Waals surface area contributed by atoms with Crippen LogP contribution in [0.1, 0.15) is 12.5 Å². The number of aromatic nitrogens is 2. The van der Waals surface area contributed by atoms with Crippen LogP contribution < -0.4 is 10.6 Å². The SMILES string of the molecule is CCNc1cc(Nc2cc(C)ccc2F)ncn1. The molecule has 1 aromatic heterocycles. The minimum atomic E-state index is -0.302. The van der Waals surface area contributed by atoms with Crippen LogP contribution in [0.4, 0.5) is 21.7 Å². The van der Waals surface area contributed by atoms with E-state index in [1.54, 1.807) is 18.2 Å². The monoisotopic (exact) mass is 246 g/mol. The van der Waals surface area contributed by atoms with Crippen molar-refractivity contribution in [3.63, 3.8) is 0 Å². The average Bonchev–Trinajstić information content (AvgIpc) is 2.35. The maximum atomic E-state index is 13.6. The second-order valence-corrected chi connectivity index (χ2v) is 3.93. The quantitative estimate of drug-likeness (QED) is 0.870. The fourth-order valence-electron chi connectivity index (χ4n) is 1.58. The Kier molecular flexibility index (Phi) is 3.72. The van der Waals surface area contributed by atoms with Crippen LogP contribution >= 0.6 is 0 Å². The molecule has 1 aromatic carbocycles. The minimum Gasteiger partial charge on any atom is -0.370 e. The van der Waals surface area contributed by atoms with Gasteiger partial charge in [-0.1, -0.05) is 6.07 Å². The first-order valence-corrected chi connectivity index (χ1v) is 5.78. The Morgan fingerprint density at radius 1 is 1.17 bits per heavy atom. The molecule has 0 fully saturated rings. The highest BCUT2D eigenvalue weighted by atomic mass is 19.1. The number of anilines is 3. The van der Waals surface area contributed by atoms with E-state index in [0.29, 0.717) is 17.3 Å². The molecule has 0 aliphatic rings. The number of hydrogen-bond donors (Lipinski definition) is 2. The second kappa shape index (κ2) is 5.44. The summed E-state index contributed by atoms with van der Waals surface area (Å²) in [6.45, 7) is 4.67. The van der Waals surface area contributed by atoms with Crippen molar-refractivity contribution < 1.29 is 4.39 Å². The van der Waals surface area contributed by atoms with Gasteiger partial charge < -0.3 is 10.6 Å². The van der Waals surface area contributed by atoms with Gasteiger partial charge in [-0.15, -0.1) is 0 Å². The molecule has 0 spiro atoms. The lowest BCUT2D eigenvalue weighted by molar-refractivity contribution is 0.631. The predicted molar refractivity (Wildman–Crippen MR) is 70.6 cm³/mol. The first-order valence-electron chi connectivity index (χ1n) is 5.78. The van der Waals surface area contributed by atoms with Gasteiger partial charge in [0.05, 0.1) is 5.69 Å². The molecule has 0 saturated heterocycles. The Hall–Kier alpha value is -2.17. The number of nitrogens with zero attached hydrogens (tertiary/aromatic N) is 2. The van der Waals surface area contributed by atoms with Crippen molar-refractivity contribution in [2.24, 2.45) is 0 Å². The zero-order valence-corrected chi connectivity index (χ0v) is 10.4. The fraction of sp³-hybridized carbons (Fsp3) is 0.231. The van der Waals surface area contributed by atoms with E-state index in [0.717, 1.165) is 12.1 Å². The Balaban J connectivity index is 2.22. The van der Waals surface area contributed by atoms with Crippen molar-refractivity contribution in [2.75, 3.05) is 17.2 Å². The van der Waals surface area contributed by atoms with Gasteiger partial charge in [-0.2, -0.15) is 0 Å².